The third-order valence-electron chi connectivity index (χ3n) is 7.07. The molecule has 11 heteroatoms. The average molecular weight is 522 g/mol. The number of ether oxygens (including phenoxy) is 2. The smallest absolute Gasteiger partial charge is 0.329 e. The Hall–Kier alpha value is -4.28. The highest BCUT2D eigenvalue weighted by Gasteiger charge is 2.31. The number of hydrogen-bond donors (Lipinski definition) is 3. The summed E-state index contributed by atoms with van der Waals surface area (Å²) in [4.78, 5) is 49.5. The number of imidazole rings is 1. The largest absolute Gasteiger partial charge is 0.485 e. The zero-order valence-electron chi connectivity index (χ0n) is 21.2. The minimum absolute atomic E-state index is 0.210. The molecule has 200 valence electrons. The molecule has 3 aromatic rings. The van der Waals surface area contributed by atoms with Gasteiger partial charge < -0.3 is 20.5 Å². The van der Waals surface area contributed by atoms with Gasteiger partial charge in [0.1, 0.15) is 19.3 Å². The van der Waals surface area contributed by atoms with Crippen molar-refractivity contribution in [3.8, 4) is 11.5 Å². The number of nitrogen functional groups attached to an aromatic ring is 1. The van der Waals surface area contributed by atoms with E-state index in [1.807, 2.05) is 18.2 Å². The van der Waals surface area contributed by atoms with E-state index in [2.05, 4.69) is 10.6 Å². The van der Waals surface area contributed by atoms with Crippen LogP contribution in [0.3, 0.4) is 0 Å². The number of carbonyl (C=O) groups is 3. The molecule has 38 heavy (non-hydrogen) atoms. The number of amides is 3. The predicted molar refractivity (Wildman–Crippen MR) is 140 cm³/mol. The first-order valence-corrected chi connectivity index (χ1v) is 12.8. The molecule has 2 aliphatic rings. The second-order valence-electron chi connectivity index (χ2n) is 9.63. The molecule has 0 bridgehead atoms. The van der Waals surface area contributed by atoms with Gasteiger partial charge in [0.2, 0.25) is 11.8 Å². The Morgan fingerprint density at radius 1 is 1.05 bits per heavy atom. The summed E-state index contributed by atoms with van der Waals surface area (Å²) in [5.74, 6) is -0.159. The minimum Gasteiger partial charge on any atom is -0.485 e. The summed E-state index contributed by atoms with van der Waals surface area (Å²) in [6, 6.07) is 8.42. The minimum atomic E-state index is -0.692. The number of imide groups is 1. The van der Waals surface area contributed by atoms with Crippen LogP contribution in [-0.2, 0) is 23.1 Å². The van der Waals surface area contributed by atoms with Crippen LogP contribution in [0, 0.1) is 0 Å². The number of hydrogen-bond acceptors (Lipinski definition) is 7. The normalized spacial score (nSPS) is 16.9. The first-order valence-electron chi connectivity index (χ1n) is 12.8. The van der Waals surface area contributed by atoms with Crippen LogP contribution in [0.2, 0.25) is 0 Å². The molecule has 5 rings (SSSR count). The molecule has 1 saturated heterocycles. The number of nitrogens with zero attached hydrogens (tertiary/aromatic N) is 2. The van der Waals surface area contributed by atoms with Crippen molar-refractivity contribution in [2.75, 3.05) is 25.5 Å². The molecule has 11 nitrogen and oxygen atoms in total. The van der Waals surface area contributed by atoms with Crippen LogP contribution in [-0.4, -0.2) is 46.6 Å². The molecule has 3 amide bonds. The SMILES string of the molecule is Cn1c(=O)n(C2CCC(=O)NC2=O)c2ccc(CCCCCNC(=O)c3ccc(N)c4c3OCCO4)cc21. The van der Waals surface area contributed by atoms with E-state index in [0.717, 1.165) is 36.8 Å². The summed E-state index contributed by atoms with van der Waals surface area (Å²) in [6.45, 7) is 1.30. The van der Waals surface area contributed by atoms with Crippen LogP contribution in [0.4, 0.5) is 5.69 Å². The van der Waals surface area contributed by atoms with Gasteiger partial charge in [0.15, 0.2) is 11.5 Å². The van der Waals surface area contributed by atoms with E-state index >= 15 is 0 Å². The van der Waals surface area contributed by atoms with Gasteiger partial charge in [0.25, 0.3) is 5.91 Å². The monoisotopic (exact) mass is 521 g/mol. The molecular formula is C27H31N5O6. The van der Waals surface area contributed by atoms with Crippen LogP contribution in [0.15, 0.2) is 35.1 Å². The maximum Gasteiger partial charge on any atom is 0.329 e. The lowest BCUT2D eigenvalue weighted by Gasteiger charge is -2.22. The quantitative estimate of drug-likeness (QED) is 0.233. The maximum absolute atomic E-state index is 12.9. The molecule has 0 spiro atoms. The van der Waals surface area contributed by atoms with Gasteiger partial charge in [-0.15, -0.1) is 0 Å². The van der Waals surface area contributed by atoms with Gasteiger partial charge in [-0.25, -0.2) is 4.79 Å². The van der Waals surface area contributed by atoms with Crippen LogP contribution >= 0.6 is 0 Å². The summed E-state index contributed by atoms with van der Waals surface area (Å²) in [7, 11) is 1.69. The van der Waals surface area contributed by atoms with Crippen molar-refractivity contribution < 1.29 is 23.9 Å². The van der Waals surface area contributed by atoms with Gasteiger partial charge in [-0.05, 0) is 55.5 Å². The molecule has 1 atom stereocenters. The summed E-state index contributed by atoms with van der Waals surface area (Å²) >= 11 is 0. The van der Waals surface area contributed by atoms with E-state index in [0.29, 0.717) is 54.4 Å². The molecule has 3 heterocycles. The molecular weight excluding hydrogens is 490 g/mol. The highest BCUT2D eigenvalue weighted by Crippen LogP contribution is 2.38. The molecule has 0 saturated carbocycles. The Balaban J connectivity index is 1.15. The molecule has 0 aliphatic carbocycles. The molecule has 2 aromatic carbocycles. The van der Waals surface area contributed by atoms with Gasteiger partial charge in [-0.3, -0.25) is 28.8 Å². The van der Waals surface area contributed by atoms with E-state index in [1.165, 1.54) is 4.57 Å². The lowest BCUT2D eigenvalue weighted by atomic mass is 10.0. The fourth-order valence-corrected chi connectivity index (χ4v) is 5.06. The van der Waals surface area contributed by atoms with E-state index in [-0.39, 0.29) is 23.9 Å². The zero-order valence-corrected chi connectivity index (χ0v) is 21.2. The van der Waals surface area contributed by atoms with Gasteiger partial charge in [0.05, 0.1) is 22.3 Å². The second-order valence-corrected chi connectivity index (χ2v) is 9.63. The number of rotatable bonds is 8. The number of piperidine rings is 1. The average Bonchev–Trinajstić information content (AvgIpc) is 3.15. The molecule has 0 radical (unpaired) electrons. The van der Waals surface area contributed by atoms with Crippen molar-refractivity contribution in [3.05, 3.63) is 51.9 Å². The first kappa shape index (κ1) is 25.4. The number of aromatic nitrogens is 2. The van der Waals surface area contributed by atoms with Crippen molar-refractivity contribution in [1.29, 1.82) is 0 Å². The zero-order chi connectivity index (χ0) is 26.8. The Bertz CT molecular complexity index is 1470. The van der Waals surface area contributed by atoms with E-state index in [9.17, 15) is 19.2 Å². The number of fused-ring (bicyclic) bond motifs is 2. The van der Waals surface area contributed by atoms with Crippen LogP contribution in [0.5, 0.6) is 11.5 Å². The summed E-state index contributed by atoms with van der Waals surface area (Å²) < 4.78 is 14.2. The van der Waals surface area contributed by atoms with Crippen molar-refractivity contribution in [2.24, 2.45) is 7.05 Å². The van der Waals surface area contributed by atoms with Gasteiger partial charge >= 0.3 is 5.69 Å². The fourth-order valence-electron chi connectivity index (χ4n) is 5.06. The molecule has 1 fully saturated rings. The standard InChI is InChI=1S/C27H31N5O6/c1-31-21-15-16(6-9-19(21)32(27(31)36)20-10-11-22(33)30-26(20)35)5-3-2-4-12-29-25(34)17-7-8-18(28)24-23(17)37-13-14-38-24/h6-9,15,20H,2-5,10-14,28H2,1H3,(H,29,34)(H,30,33,35). The molecule has 4 N–H and O–H groups in total. The third kappa shape index (κ3) is 4.83. The number of anilines is 1. The lowest BCUT2D eigenvalue weighted by molar-refractivity contribution is -0.135. The topological polar surface area (TPSA) is 147 Å². The highest BCUT2D eigenvalue weighted by molar-refractivity contribution is 6.00. The maximum atomic E-state index is 12.9. The molecule has 1 unspecified atom stereocenters. The van der Waals surface area contributed by atoms with Crippen molar-refractivity contribution in [2.45, 2.75) is 44.6 Å². The number of nitrogens with two attached hydrogens (primary N) is 1. The Morgan fingerprint density at radius 3 is 2.63 bits per heavy atom. The summed E-state index contributed by atoms with van der Waals surface area (Å²) in [6.07, 6.45) is 3.97. The fraction of sp³-hybridized carbons (Fsp3) is 0.407. The number of benzene rings is 2. The molecule has 1 aromatic heterocycles. The van der Waals surface area contributed by atoms with Crippen molar-refractivity contribution >= 4 is 34.4 Å². The van der Waals surface area contributed by atoms with Gasteiger partial charge in [0, 0.05) is 20.0 Å². The van der Waals surface area contributed by atoms with Crippen molar-refractivity contribution in [1.82, 2.24) is 19.8 Å². The van der Waals surface area contributed by atoms with E-state index in [1.54, 1.807) is 23.7 Å². The highest BCUT2D eigenvalue weighted by atomic mass is 16.6. The lowest BCUT2D eigenvalue weighted by Crippen LogP contribution is -2.44. The first-order chi connectivity index (χ1) is 18.3. The van der Waals surface area contributed by atoms with Gasteiger partial charge in [-0.2, -0.15) is 0 Å². The van der Waals surface area contributed by atoms with Crippen LogP contribution in [0.25, 0.3) is 11.0 Å². The summed E-state index contributed by atoms with van der Waals surface area (Å²) in [5, 5.41) is 5.26. The third-order valence-corrected chi connectivity index (χ3v) is 7.07. The predicted octanol–water partition coefficient (Wildman–Crippen LogP) is 1.81. The molecule has 2 aliphatic heterocycles. The van der Waals surface area contributed by atoms with Crippen LogP contribution in [0.1, 0.15) is 54.1 Å². The van der Waals surface area contributed by atoms with Gasteiger partial charge in [-0.1, -0.05) is 12.5 Å². The van der Waals surface area contributed by atoms with E-state index < -0.39 is 11.9 Å². The number of unbranched alkanes of at least 4 members (excludes halogenated alkanes) is 2. The Morgan fingerprint density at radius 2 is 1.84 bits per heavy atom. The summed E-state index contributed by atoms with van der Waals surface area (Å²) in [5.41, 5.74) is 9.02. The Labute approximate surface area is 218 Å². The van der Waals surface area contributed by atoms with E-state index in [4.69, 9.17) is 15.2 Å². The number of carbonyl (C=O) groups excluding carboxylic acids is 3. The van der Waals surface area contributed by atoms with Crippen molar-refractivity contribution in [3.63, 3.8) is 0 Å². The second kappa shape index (κ2) is 10.6. The Kier molecular flexibility index (Phi) is 7.08. The number of nitrogens with one attached hydrogen (secondary N) is 2. The number of aryl methyl sites for hydroxylation is 2. The van der Waals surface area contributed by atoms with Crippen LogP contribution < -0.4 is 31.5 Å².